The number of amides is 1. The number of aromatic amines is 1. The van der Waals surface area contributed by atoms with E-state index in [9.17, 15) is 4.79 Å². The van der Waals surface area contributed by atoms with Crippen LogP contribution in [0.25, 0.3) is 22.7 Å². The van der Waals surface area contributed by atoms with Crippen LogP contribution < -0.4 is 5.73 Å². The van der Waals surface area contributed by atoms with Gasteiger partial charge in [-0.05, 0) is 24.3 Å². The molecule has 0 radical (unpaired) electrons. The van der Waals surface area contributed by atoms with Crippen molar-refractivity contribution < 1.29 is 9.21 Å². The molecule has 5 heteroatoms. The lowest BCUT2D eigenvalue weighted by Gasteiger charge is -2.02. The first-order valence-electron chi connectivity index (χ1n) is 5.74. The van der Waals surface area contributed by atoms with E-state index in [-0.39, 0.29) is 0 Å². The normalized spacial score (nSPS) is 10.5. The smallest absolute Gasteiger partial charge is 0.249 e. The van der Waals surface area contributed by atoms with Gasteiger partial charge in [0.1, 0.15) is 5.69 Å². The van der Waals surface area contributed by atoms with Crippen LogP contribution in [0.3, 0.4) is 0 Å². The molecule has 0 unspecified atom stereocenters. The highest BCUT2D eigenvalue weighted by molar-refractivity contribution is 5.99. The largest absolute Gasteiger partial charge is 0.463 e. The third kappa shape index (κ3) is 2.01. The summed E-state index contributed by atoms with van der Waals surface area (Å²) in [6.45, 7) is 0. The minimum atomic E-state index is -0.474. The summed E-state index contributed by atoms with van der Waals surface area (Å²) in [5.41, 5.74) is 7.90. The van der Waals surface area contributed by atoms with Crippen molar-refractivity contribution in [2.75, 3.05) is 0 Å². The second-order valence-corrected chi connectivity index (χ2v) is 4.05. The Morgan fingerprint density at radius 3 is 2.79 bits per heavy atom. The minimum absolute atomic E-state index is 0.444. The molecule has 2 heterocycles. The molecular weight excluding hydrogens is 242 g/mol. The monoisotopic (exact) mass is 253 g/mol. The van der Waals surface area contributed by atoms with E-state index in [1.54, 1.807) is 24.5 Å². The van der Waals surface area contributed by atoms with Crippen LogP contribution in [0.15, 0.2) is 53.1 Å². The highest BCUT2D eigenvalue weighted by Gasteiger charge is 2.13. The third-order valence-electron chi connectivity index (χ3n) is 2.83. The zero-order valence-corrected chi connectivity index (χ0v) is 9.96. The van der Waals surface area contributed by atoms with Gasteiger partial charge in [0, 0.05) is 11.1 Å². The van der Waals surface area contributed by atoms with Crippen LogP contribution in [-0.4, -0.2) is 16.1 Å². The SMILES string of the molecule is NC(=O)c1ccccc1-c1cc(-c2ccco2)[nH]n1. The van der Waals surface area contributed by atoms with Crippen molar-refractivity contribution in [1.29, 1.82) is 0 Å². The van der Waals surface area contributed by atoms with Gasteiger partial charge in [0.05, 0.1) is 12.0 Å². The average molecular weight is 253 g/mol. The van der Waals surface area contributed by atoms with E-state index in [1.807, 2.05) is 24.3 Å². The van der Waals surface area contributed by atoms with Gasteiger partial charge in [0.15, 0.2) is 5.76 Å². The molecule has 19 heavy (non-hydrogen) atoms. The fraction of sp³-hybridized carbons (Fsp3) is 0. The van der Waals surface area contributed by atoms with Crippen LogP contribution >= 0.6 is 0 Å². The molecule has 5 nitrogen and oxygen atoms in total. The topological polar surface area (TPSA) is 84.9 Å². The molecule has 0 spiro atoms. The van der Waals surface area contributed by atoms with Crippen LogP contribution in [0.5, 0.6) is 0 Å². The maximum atomic E-state index is 11.4. The van der Waals surface area contributed by atoms with Gasteiger partial charge in [-0.1, -0.05) is 18.2 Å². The van der Waals surface area contributed by atoms with Crippen molar-refractivity contribution in [2.24, 2.45) is 5.73 Å². The molecule has 0 bridgehead atoms. The van der Waals surface area contributed by atoms with Gasteiger partial charge in [0.2, 0.25) is 5.91 Å². The molecule has 94 valence electrons. The standard InChI is InChI=1S/C14H11N3O2/c15-14(18)10-5-2-1-4-9(10)11-8-12(17-16-11)13-6-3-7-19-13/h1-8H,(H2,15,18)(H,16,17). The Kier molecular flexibility index (Phi) is 2.64. The lowest BCUT2D eigenvalue weighted by Crippen LogP contribution is -2.12. The Bertz CT molecular complexity index is 714. The molecule has 1 aromatic carbocycles. The lowest BCUT2D eigenvalue weighted by atomic mass is 10.0. The number of H-pyrrole nitrogens is 1. The number of benzene rings is 1. The lowest BCUT2D eigenvalue weighted by molar-refractivity contribution is 0.100. The average Bonchev–Trinajstić information content (AvgIpc) is 3.09. The fourth-order valence-corrected chi connectivity index (χ4v) is 1.94. The van der Waals surface area contributed by atoms with E-state index >= 15 is 0 Å². The Hall–Kier alpha value is -2.82. The van der Waals surface area contributed by atoms with E-state index in [0.717, 1.165) is 5.69 Å². The summed E-state index contributed by atoms with van der Waals surface area (Å²) >= 11 is 0. The summed E-state index contributed by atoms with van der Waals surface area (Å²) in [7, 11) is 0. The zero-order valence-electron chi connectivity index (χ0n) is 9.96. The summed E-state index contributed by atoms with van der Waals surface area (Å²) in [5.74, 6) is 0.216. The van der Waals surface area contributed by atoms with Crippen molar-refractivity contribution in [2.45, 2.75) is 0 Å². The van der Waals surface area contributed by atoms with Gasteiger partial charge in [-0.15, -0.1) is 0 Å². The Balaban J connectivity index is 2.06. The molecule has 0 aliphatic heterocycles. The van der Waals surface area contributed by atoms with Gasteiger partial charge < -0.3 is 10.2 Å². The number of rotatable bonds is 3. The maximum Gasteiger partial charge on any atom is 0.249 e. The number of nitrogens with zero attached hydrogens (tertiary/aromatic N) is 1. The minimum Gasteiger partial charge on any atom is -0.463 e. The number of furan rings is 1. The molecule has 0 saturated carbocycles. The second kappa shape index (κ2) is 4.45. The summed E-state index contributed by atoms with van der Waals surface area (Å²) in [6.07, 6.45) is 1.59. The third-order valence-corrected chi connectivity index (χ3v) is 2.83. The molecule has 1 amide bonds. The van der Waals surface area contributed by atoms with Gasteiger partial charge >= 0.3 is 0 Å². The van der Waals surface area contributed by atoms with Crippen LogP contribution in [0.2, 0.25) is 0 Å². The fourth-order valence-electron chi connectivity index (χ4n) is 1.94. The van der Waals surface area contributed by atoms with Gasteiger partial charge in [-0.3, -0.25) is 9.89 Å². The van der Waals surface area contributed by atoms with Crippen LogP contribution in [0, 0.1) is 0 Å². The van der Waals surface area contributed by atoms with E-state index in [4.69, 9.17) is 10.2 Å². The second-order valence-electron chi connectivity index (χ2n) is 4.05. The Morgan fingerprint density at radius 1 is 1.21 bits per heavy atom. The zero-order chi connectivity index (χ0) is 13.2. The molecular formula is C14H11N3O2. The van der Waals surface area contributed by atoms with Crippen molar-refractivity contribution in [3.05, 3.63) is 54.3 Å². The number of nitrogens with two attached hydrogens (primary N) is 1. The first-order chi connectivity index (χ1) is 9.25. The first-order valence-corrected chi connectivity index (χ1v) is 5.74. The van der Waals surface area contributed by atoms with E-state index in [2.05, 4.69) is 10.2 Å². The summed E-state index contributed by atoms with van der Waals surface area (Å²) in [4.78, 5) is 11.4. The molecule has 0 fully saturated rings. The summed E-state index contributed by atoms with van der Waals surface area (Å²) in [6, 6.07) is 12.5. The predicted molar refractivity (Wildman–Crippen MR) is 70.2 cm³/mol. The number of hydrogen-bond acceptors (Lipinski definition) is 3. The van der Waals surface area contributed by atoms with Crippen molar-refractivity contribution >= 4 is 5.91 Å². The van der Waals surface area contributed by atoms with Gasteiger partial charge in [-0.2, -0.15) is 5.10 Å². The van der Waals surface area contributed by atoms with Crippen molar-refractivity contribution in [3.63, 3.8) is 0 Å². The highest BCUT2D eigenvalue weighted by Crippen LogP contribution is 2.26. The van der Waals surface area contributed by atoms with E-state index < -0.39 is 5.91 Å². The molecule has 0 saturated heterocycles. The summed E-state index contributed by atoms with van der Waals surface area (Å²) < 4.78 is 5.28. The molecule has 3 N–H and O–H groups in total. The van der Waals surface area contributed by atoms with Crippen molar-refractivity contribution in [1.82, 2.24) is 10.2 Å². The number of carbonyl (C=O) groups excluding carboxylic acids is 1. The maximum absolute atomic E-state index is 11.4. The number of carbonyl (C=O) groups is 1. The molecule has 0 atom stereocenters. The molecule has 3 aromatic rings. The van der Waals surface area contributed by atoms with Crippen molar-refractivity contribution in [3.8, 4) is 22.7 Å². The van der Waals surface area contributed by atoms with E-state index in [1.165, 1.54) is 0 Å². The first kappa shape index (κ1) is 11.3. The predicted octanol–water partition coefficient (Wildman–Crippen LogP) is 2.44. The van der Waals surface area contributed by atoms with Gasteiger partial charge in [0.25, 0.3) is 0 Å². The Labute approximate surface area is 109 Å². The van der Waals surface area contributed by atoms with Crippen LogP contribution in [0.1, 0.15) is 10.4 Å². The Morgan fingerprint density at radius 2 is 2.05 bits per heavy atom. The van der Waals surface area contributed by atoms with Gasteiger partial charge in [-0.25, -0.2) is 0 Å². The number of primary amides is 1. The van der Waals surface area contributed by atoms with Crippen LogP contribution in [-0.2, 0) is 0 Å². The number of nitrogens with one attached hydrogen (secondary N) is 1. The highest BCUT2D eigenvalue weighted by atomic mass is 16.3. The molecule has 2 aromatic heterocycles. The van der Waals surface area contributed by atoms with Crippen LogP contribution in [0.4, 0.5) is 0 Å². The number of aromatic nitrogens is 2. The summed E-state index contributed by atoms with van der Waals surface area (Å²) in [5, 5.41) is 7.07. The quantitative estimate of drug-likeness (QED) is 0.751. The molecule has 0 aliphatic carbocycles. The van der Waals surface area contributed by atoms with E-state index in [0.29, 0.717) is 22.6 Å². The molecule has 0 aliphatic rings. The number of hydrogen-bond donors (Lipinski definition) is 2. The molecule has 3 rings (SSSR count).